The predicted octanol–water partition coefficient (Wildman–Crippen LogP) is 4.50. The molecule has 8 heteroatoms. The van der Waals surface area contributed by atoms with E-state index < -0.39 is 0 Å². The van der Waals surface area contributed by atoms with Crippen molar-refractivity contribution in [1.29, 1.82) is 5.26 Å². The molecule has 1 amide bonds. The molecule has 0 unspecified atom stereocenters. The summed E-state index contributed by atoms with van der Waals surface area (Å²) in [6, 6.07) is 17.7. The van der Waals surface area contributed by atoms with Crippen LogP contribution in [-0.4, -0.2) is 31.1 Å². The molecule has 1 N–H and O–H groups in total. The van der Waals surface area contributed by atoms with Gasteiger partial charge in [0.1, 0.15) is 11.8 Å². The van der Waals surface area contributed by atoms with Crippen LogP contribution in [0.3, 0.4) is 0 Å². The topological polar surface area (TPSA) is 105 Å². The number of nitrogens with zero attached hydrogens (tertiary/aromatic N) is 3. The Kier molecular flexibility index (Phi) is 5.91. The summed E-state index contributed by atoms with van der Waals surface area (Å²) in [6.07, 6.45) is 2.88. The van der Waals surface area contributed by atoms with Gasteiger partial charge in [-0.3, -0.25) is 4.79 Å². The lowest BCUT2D eigenvalue weighted by Crippen LogP contribution is -2.40. The first-order chi connectivity index (χ1) is 16.6. The largest absolute Gasteiger partial charge is 0.497 e. The minimum absolute atomic E-state index is 0.0452. The number of furan rings is 1. The standard InChI is InChI=1S/C26H24N4O4/c1-32-21-7-6-19-13-17(4-5-20(19)14-21)16-28-24(31)18-8-10-30(11-9-18)26-22(15-27)29-25(34-26)23-3-2-12-33-23/h2-7,12-14,18H,8-11,16H2,1H3,(H,28,31). The monoisotopic (exact) mass is 456 g/mol. The van der Waals surface area contributed by atoms with Gasteiger partial charge in [-0.05, 0) is 59.5 Å². The minimum atomic E-state index is -0.0843. The number of fused-ring (bicyclic) bond motifs is 1. The average Bonchev–Trinajstić information content (AvgIpc) is 3.57. The number of oxazole rings is 1. The normalized spacial score (nSPS) is 14.2. The molecule has 0 spiro atoms. The molecular weight excluding hydrogens is 432 g/mol. The number of amides is 1. The lowest BCUT2D eigenvalue weighted by Gasteiger charge is -2.31. The van der Waals surface area contributed by atoms with Crippen molar-refractivity contribution in [1.82, 2.24) is 10.3 Å². The number of hydrogen-bond acceptors (Lipinski definition) is 7. The number of nitriles is 1. The van der Waals surface area contributed by atoms with E-state index in [0.29, 0.717) is 44.1 Å². The van der Waals surface area contributed by atoms with Gasteiger partial charge in [-0.25, -0.2) is 0 Å². The second-order valence-corrected chi connectivity index (χ2v) is 8.29. The highest BCUT2D eigenvalue weighted by Gasteiger charge is 2.29. The third-order valence-corrected chi connectivity index (χ3v) is 6.18. The van der Waals surface area contributed by atoms with Crippen molar-refractivity contribution in [3.8, 4) is 23.5 Å². The Balaban J connectivity index is 1.18. The van der Waals surface area contributed by atoms with E-state index in [0.717, 1.165) is 22.1 Å². The summed E-state index contributed by atoms with van der Waals surface area (Å²) in [5.74, 6) is 1.97. The number of rotatable bonds is 6. The van der Waals surface area contributed by atoms with Crippen molar-refractivity contribution in [3.05, 3.63) is 66.1 Å². The third kappa shape index (κ3) is 4.33. The van der Waals surface area contributed by atoms with Crippen LogP contribution in [0.25, 0.3) is 22.4 Å². The summed E-state index contributed by atoms with van der Waals surface area (Å²) in [5, 5.41) is 14.7. The molecule has 3 heterocycles. The molecule has 172 valence electrons. The minimum Gasteiger partial charge on any atom is -0.497 e. The van der Waals surface area contributed by atoms with Crippen LogP contribution >= 0.6 is 0 Å². The van der Waals surface area contributed by atoms with Crippen molar-refractivity contribution in [2.24, 2.45) is 5.92 Å². The molecule has 34 heavy (non-hydrogen) atoms. The quantitative estimate of drug-likeness (QED) is 0.455. The Hall–Kier alpha value is -4.25. The lowest BCUT2D eigenvalue weighted by atomic mass is 9.95. The molecule has 0 atom stereocenters. The summed E-state index contributed by atoms with van der Waals surface area (Å²) < 4.78 is 16.4. The Morgan fingerprint density at radius 1 is 1.21 bits per heavy atom. The number of methoxy groups -OCH3 is 1. The van der Waals surface area contributed by atoms with Crippen molar-refractivity contribution < 1.29 is 18.4 Å². The van der Waals surface area contributed by atoms with Gasteiger partial charge in [-0.1, -0.05) is 18.2 Å². The fraction of sp³-hybridized carbons (Fsp3) is 0.269. The number of aromatic nitrogens is 1. The Morgan fingerprint density at radius 2 is 2.00 bits per heavy atom. The highest BCUT2D eigenvalue weighted by atomic mass is 16.5. The smallest absolute Gasteiger partial charge is 0.266 e. The van der Waals surface area contributed by atoms with Gasteiger partial charge in [-0.15, -0.1) is 0 Å². The number of benzene rings is 2. The average molecular weight is 457 g/mol. The molecule has 1 fully saturated rings. The van der Waals surface area contributed by atoms with Crippen molar-refractivity contribution in [2.75, 3.05) is 25.1 Å². The molecule has 4 aromatic rings. The number of carbonyl (C=O) groups is 1. The molecule has 1 aliphatic rings. The summed E-state index contributed by atoms with van der Waals surface area (Å²) >= 11 is 0. The second-order valence-electron chi connectivity index (χ2n) is 8.29. The van der Waals surface area contributed by atoms with Gasteiger partial charge in [0.05, 0.1) is 13.4 Å². The maximum Gasteiger partial charge on any atom is 0.266 e. The zero-order valence-corrected chi connectivity index (χ0v) is 18.8. The van der Waals surface area contributed by atoms with E-state index in [-0.39, 0.29) is 23.4 Å². The summed E-state index contributed by atoms with van der Waals surface area (Å²) in [5.41, 5.74) is 1.28. The van der Waals surface area contributed by atoms with Gasteiger partial charge >= 0.3 is 0 Å². The molecule has 8 nitrogen and oxygen atoms in total. The number of anilines is 1. The third-order valence-electron chi connectivity index (χ3n) is 6.18. The number of ether oxygens (including phenoxy) is 1. The number of carbonyl (C=O) groups excluding carboxylic acids is 1. The molecule has 0 saturated carbocycles. The zero-order valence-electron chi connectivity index (χ0n) is 18.8. The molecule has 1 aliphatic heterocycles. The SMILES string of the molecule is COc1ccc2cc(CNC(=O)C3CCN(c4oc(-c5ccco5)nc4C#N)CC3)ccc2c1. The van der Waals surface area contributed by atoms with Crippen LogP contribution in [0.4, 0.5) is 5.88 Å². The van der Waals surface area contributed by atoms with E-state index >= 15 is 0 Å². The highest BCUT2D eigenvalue weighted by Crippen LogP contribution is 2.31. The van der Waals surface area contributed by atoms with Gasteiger partial charge in [0.2, 0.25) is 17.5 Å². The summed E-state index contributed by atoms with van der Waals surface area (Å²) in [7, 11) is 1.65. The number of nitrogens with one attached hydrogen (secondary N) is 1. The molecule has 0 aliphatic carbocycles. The van der Waals surface area contributed by atoms with Crippen LogP contribution in [0.2, 0.25) is 0 Å². The van der Waals surface area contributed by atoms with E-state index in [9.17, 15) is 10.1 Å². The lowest BCUT2D eigenvalue weighted by molar-refractivity contribution is -0.125. The zero-order chi connectivity index (χ0) is 23.5. The van der Waals surface area contributed by atoms with Gasteiger partial charge in [0.15, 0.2) is 5.76 Å². The Labute approximate surface area is 196 Å². The van der Waals surface area contributed by atoms with Crippen LogP contribution in [-0.2, 0) is 11.3 Å². The first kappa shape index (κ1) is 21.6. The molecule has 2 aromatic heterocycles. The maximum absolute atomic E-state index is 12.8. The fourth-order valence-electron chi connectivity index (χ4n) is 4.29. The molecule has 2 aromatic carbocycles. The summed E-state index contributed by atoms with van der Waals surface area (Å²) in [6.45, 7) is 1.70. The second kappa shape index (κ2) is 9.32. The first-order valence-corrected chi connectivity index (χ1v) is 11.2. The van der Waals surface area contributed by atoms with Crippen LogP contribution in [0, 0.1) is 17.2 Å². The molecular formula is C26H24N4O4. The van der Waals surface area contributed by atoms with Gasteiger partial charge < -0.3 is 23.8 Å². The van der Waals surface area contributed by atoms with Crippen LogP contribution in [0.15, 0.2) is 63.6 Å². The van der Waals surface area contributed by atoms with Crippen LogP contribution < -0.4 is 15.0 Å². The Bertz CT molecular complexity index is 1350. The van der Waals surface area contributed by atoms with Crippen molar-refractivity contribution in [3.63, 3.8) is 0 Å². The first-order valence-electron chi connectivity index (χ1n) is 11.2. The van der Waals surface area contributed by atoms with Crippen LogP contribution in [0.5, 0.6) is 5.75 Å². The van der Waals surface area contributed by atoms with E-state index in [1.165, 1.54) is 6.26 Å². The number of hydrogen-bond donors (Lipinski definition) is 1. The van der Waals surface area contributed by atoms with E-state index in [4.69, 9.17) is 13.6 Å². The predicted molar refractivity (Wildman–Crippen MR) is 126 cm³/mol. The molecule has 0 bridgehead atoms. The Morgan fingerprint density at radius 3 is 2.74 bits per heavy atom. The van der Waals surface area contributed by atoms with E-state index in [1.54, 1.807) is 19.2 Å². The van der Waals surface area contributed by atoms with Gasteiger partial charge in [0, 0.05) is 25.6 Å². The van der Waals surface area contributed by atoms with Crippen molar-refractivity contribution >= 4 is 22.6 Å². The van der Waals surface area contributed by atoms with E-state index in [2.05, 4.69) is 22.4 Å². The molecule has 0 radical (unpaired) electrons. The van der Waals surface area contributed by atoms with Crippen molar-refractivity contribution in [2.45, 2.75) is 19.4 Å². The van der Waals surface area contributed by atoms with E-state index in [1.807, 2.05) is 35.2 Å². The fourth-order valence-corrected chi connectivity index (χ4v) is 4.29. The maximum atomic E-state index is 12.8. The molecule has 5 rings (SSSR count). The van der Waals surface area contributed by atoms with Gasteiger partial charge in [0.25, 0.3) is 5.89 Å². The van der Waals surface area contributed by atoms with Crippen LogP contribution in [0.1, 0.15) is 24.1 Å². The summed E-state index contributed by atoms with van der Waals surface area (Å²) in [4.78, 5) is 19.0. The number of piperidine rings is 1. The van der Waals surface area contributed by atoms with Gasteiger partial charge in [-0.2, -0.15) is 10.2 Å². The molecule has 1 saturated heterocycles. The highest BCUT2D eigenvalue weighted by molar-refractivity contribution is 5.85.